The van der Waals surface area contributed by atoms with E-state index in [4.69, 9.17) is 5.11 Å². The van der Waals surface area contributed by atoms with Gasteiger partial charge in [0.25, 0.3) is 0 Å². The highest BCUT2D eigenvalue weighted by Crippen LogP contribution is 2.24. The number of fused-ring (bicyclic) bond motifs is 1. The average molecular weight is 191 g/mol. The minimum Gasteiger partial charge on any atom is -0.480 e. The summed E-state index contributed by atoms with van der Waals surface area (Å²) in [6.45, 7) is 0. The van der Waals surface area contributed by atoms with Gasteiger partial charge in [-0.3, -0.25) is 4.79 Å². The third-order valence-corrected chi connectivity index (χ3v) is 2.24. The van der Waals surface area contributed by atoms with Crippen molar-refractivity contribution in [1.82, 2.24) is 0 Å². The van der Waals surface area contributed by atoms with Crippen molar-refractivity contribution in [3.63, 3.8) is 0 Å². The van der Waals surface area contributed by atoms with E-state index in [1.807, 2.05) is 0 Å². The lowest BCUT2D eigenvalue weighted by atomic mass is 9.97. The summed E-state index contributed by atoms with van der Waals surface area (Å²) >= 11 is 0. The van der Waals surface area contributed by atoms with Crippen molar-refractivity contribution in [3.05, 3.63) is 29.8 Å². The number of benzene rings is 1. The Balaban J connectivity index is 2.38. The molecular formula is C10H9NO3. The van der Waals surface area contributed by atoms with Crippen molar-refractivity contribution < 1.29 is 14.7 Å². The number of aliphatic carboxylic acids is 1. The third kappa shape index (κ3) is 1.35. The second kappa shape index (κ2) is 3.14. The second-order valence-electron chi connectivity index (χ2n) is 3.21. The minimum absolute atomic E-state index is 0.0202. The van der Waals surface area contributed by atoms with Crippen LogP contribution in [-0.4, -0.2) is 22.9 Å². The van der Waals surface area contributed by atoms with Gasteiger partial charge in [0.1, 0.15) is 6.04 Å². The molecule has 2 N–H and O–H groups in total. The maximum Gasteiger partial charge on any atom is 0.326 e. The molecule has 0 amide bonds. The standard InChI is InChI=1S/C10H9NO3/c12-9-5-8(10(13)14)11-7-4-2-1-3-6(7)9/h1-4,8,11H,5H2,(H,13,14)/t8-/m1/s1. The molecule has 0 spiro atoms. The number of nitrogens with one attached hydrogen (secondary N) is 1. The molecule has 0 aliphatic carbocycles. The van der Waals surface area contributed by atoms with Crippen molar-refractivity contribution >= 4 is 17.4 Å². The number of ketones is 1. The van der Waals surface area contributed by atoms with Gasteiger partial charge in [-0.2, -0.15) is 0 Å². The van der Waals surface area contributed by atoms with Gasteiger partial charge in [-0.05, 0) is 12.1 Å². The molecule has 0 radical (unpaired) electrons. The van der Waals surface area contributed by atoms with Gasteiger partial charge < -0.3 is 10.4 Å². The molecule has 4 nitrogen and oxygen atoms in total. The fourth-order valence-corrected chi connectivity index (χ4v) is 1.54. The van der Waals surface area contributed by atoms with Gasteiger partial charge >= 0.3 is 5.97 Å². The summed E-state index contributed by atoms with van der Waals surface area (Å²) in [6.07, 6.45) is 0.0202. The van der Waals surface area contributed by atoms with Crippen molar-refractivity contribution in [3.8, 4) is 0 Å². The molecular weight excluding hydrogens is 182 g/mol. The van der Waals surface area contributed by atoms with Gasteiger partial charge in [-0.15, -0.1) is 0 Å². The Morgan fingerprint density at radius 2 is 2.14 bits per heavy atom. The SMILES string of the molecule is O=C1C[C@H](C(=O)O)Nc2ccccc21. The van der Waals surface area contributed by atoms with Crippen LogP contribution < -0.4 is 5.32 Å². The molecule has 72 valence electrons. The van der Waals surface area contributed by atoms with Crippen LogP contribution in [0.4, 0.5) is 5.69 Å². The fourth-order valence-electron chi connectivity index (χ4n) is 1.54. The maximum absolute atomic E-state index is 11.5. The van der Waals surface area contributed by atoms with Crippen molar-refractivity contribution in [2.75, 3.05) is 5.32 Å². The molecule has 4 heteroatoms. The largest absolute Gasteiger partial charge is 0.480 e. The van der Waals surface area contributed by atoms with Crippen LogP contribution in [0.3, 0.4) is 0 Å². The predicted octanol–water partition coefficient (Wildman–Crippen LogP) is 1.14. The molecule has 1 aliphatic rings. The smallest absolute Gasteiger partial charge is 0.326 e. The van der Waals surface area contributed by atoms with Crippen molar-refractivity contribution in [2.45, 2.75) is 12.5 Å². The summed E-state index contributed by atoms with van der Waals surface area (Å²) in [5.74, 6) is -1.11. The Morgan fingerprint density at radius 3 is 2.86 bits per heavy atom. The number of carbonyl (C=O) groups excluding carboxylic acids is 1. The van der Waals surface area contributed by atoms with Gasteiger partial charge in [0.05, 0.1) is 0 Å². The number of Topliss-reactive ketones (excluding diaryl/α,β-unsaturated/α-hetero) is 1. The van der Waals surface area contributed by atoms with Gasteiger partial charge in [0, 0.05) is 17.7 Å². The van der Waals surface area contributed by atoms with Crippen LogP contribution in [0.5, 0.6) is 0 Å². The van der Waals surface area contributed by atoms with E-state index in [0.29, 0.717) is 11.3 Å². The number of anilines is 1. The topological polar surface area (TPSA) is 66.4 Å². The average Bonchev–Trinajstić information content (AvgIpc) is 2.17. The zero-order chi connectivity index (χ0) is 10.1. The van der Waals surface area contributed by atoms with E-state index in [-0.39, 0.29) is 12.2 Å². The highest BCUT2D eigenvalue weighted by molar-refractivity contribution is 6.06. The molecule has 0 bridgehead atoms. The highest BCUT2D eigenvalue weighted by atomic mass is 16.4. The first kappa shape index (κ1) is 8.74. The number of carboxylic acid groups (broad SMARTS) is 1. The Labute approximate surface area is 80.6 Å². The van der Waals surface area contributed by atoms with E-state index in [1.165, 1.54) is 0 Å². The zero-order valence-corrected chi connectivity index (χ0v) is 7.36. The summed E-state index contributed by atoms with van der Waals surface area (Å²) in [5.41, 5.74) is 1.18. The summed E-state index contributed by atoms with van der Waals surface area (Å²) in [4.78, 5) is 22.2. The Morgan fingerprint density at radius 1 is 1.43 bits per heavy atom. The Kier molecular flexibility index (Phi) is 1.96. The summed E-state index contributed by atoms with van der Waals surface area (Å²) in [6, 6.07) is 6.14. The molecule has 14 heavy (non-hydrogen) atoms. The molecule has 1 aromatic rings. The lowest BCUT2D eigenvalue weighted by Crippen LogP contribution is -2.35. The van der Waals surface area contributed by atoms with Gasteiger partial charge in [-0.1, -0.05) is 12.1 Å². The molecule has 0 aromatic heterocycles. The lowest BCUT2D eigenvalue weighted by molar-refractivity contribution is -0.137. The number of hydrogen-bond donors (Lipinski definition) is 2. The number of rotatable bonds is 1. The van der Waals surface area contributed by atoms with Crippen LogP contribution in [0.15, 0.2) is 24.3 Å². The summed E-state index contributed by atoms with van der Waals surface area (Å²) < 4.78 is 0. The monoisotopic (exact) mass is 191 g/mol. The van der Waals surface area contributed by atoms with Gasteiger partial charge in [0.2, 0.25) is 0 Å². The van der Waals surface area contributed by atoms with Crippen molar-refractivity contribution in [2.24, 2.45) is 0 Å². The van der Waals surface area contributed by atoms with Crippen molar-refractivity contribution in [1.29, 1.82) is 0 Å². The molecule has 0 saturated carbocycles. The fraction of sp³-hybridized carbons (Fsp3) is 0.200. The Bertz CT molecular complexity index is 400. The van der Waals surface area contributed by atoms with Crippen LogP contribution in [0.25, 0.3) is 0 Å². The van der Waals surface area contributed by atoms with Gasteiger partial charge in [-0.25, -0.2) is 4.79 Å². The molecule has 0 saturated heterocycles. The number of para-hydroxylation sites is 1. The number of hydrogen-bond acceptors (Lipinski definition) is 3. The van der Waals surface area contributed by atoms with Crippen LogP contribution in [0, 0.1) is 0 Å². The van der Waals surface area contributed by atoms with Crippen LogP contribution in [0.1, 0.15) is 16.8 Å². The molecule has 0 unspecified atom stereocenters. The quantitative estimate of drug-likeness (QED) is 0.698. The molecule has 1 atom stereocenters. The van der Waals surface area contributed by atoms with E-state index in [2.05, 4.69) is 5.32 Å². The van der Waals surface area contributed by atoms with Crippen LogP contribution in [0.2, 0.25) is 0 Å². The normalized spacial score (nSPS) is 19.7. The molecule has 0 fully saturated rings. The number of carbonyl (C=O) groups is 2. The second-order valence-corrected chi connectivity index (χ2v) is 3.21. The van der Waals surface area contributed by atoms with E-state index in [1.54, 1.807) is 24.3 Å². The van der Waals surface area contributed by atoms with E-state index in [0.717, 1.165) is 0 Å². The third-order valence-electron chi connectivity index (χ3n) is 2.24. The summed E-state index contributed by atoms with van der Waals surface area (Å²) in [7, 11) is 0. The first-order chi connectivity index (χ1) is 6.68. The molecule has 1 aliphatic heterocycles. The van der Waals surface area contributed by atoms with E-state index >= 15 is 0 Å². The predicted molar refractivity (Wildman–Crippen MR) is 50.4 cm³/mol. The molecule has 1 aromatic carbocycles. The maximum atomic E-state index is 11.5. The lowest BCUT2D eigenvalue weighted by Gasteiger charge is -2.22. The van der Waals surface area contributed by atoms with Crippen LogP contribution >= 0.6 is 0 Å². The van der Waals surface area contributed by atoms with Gasteiger partial charge in [0.15, 0.2) is 5.78 Å². The Hall–Kier alpha value is -1.84. The molecule has 2 rings (SSSR count). The van der Waals surface area contributed by atoms with Crippen LogP contribution in [-0.2, 0) is 4.79 Å². The first-order valence-corrected chi connectivity index (χ1v) is 4.30. The van der Waals surface area contributed by atoms with E-state index < -0.39 is 12.0 Å². The zero-order valence-electron chi connectivity index (χ0n) is 7.36. The summed E-state index contributed by atoms with van der Waals surface area (Å²) in [5, 5.41) is 11.6. The van der Waals surface area contributed by atoms with E-state index in [9.17, 15) is 9.59 Å². The molecule has 1 heterocycles. The highest BCUT2D eigenvalue weighted by Gasteiger charge is 2.28. The number of carboxylic acids is 1. The minimum atomic E-state index is -0.993. The first-order valence-electron chi connectivity index (χ1n) is 4.30.